The quantitative estimate of drug-likeness (QED) is 0.639. The van der Waals surface area contributed by atoms with Crippen molar-refractivity contribution in [1.29, 1.82) is 0 Å². The summed E-state index contributed by atoms with van der Waals surface area (Å²) in [5.74, 6) is -0.176. The number of H-pyrrole nitrogens is 1. The molecular weight excluding hydrogens is 394 g/mol. The average Bonchev–Trinajstić information content (AvgIpc) is 2.78. The summed E-state index contributed by atoms with van der Waals surface area (Å²) in [6, 6.07) is 7.64. The molecule has 9 heteroatoms. The topological polar surface area (TPSA) is 107 Å². The molecule has 1 saturated heterocycles. The molecule has 9 nitrogen and oxygen atoms in total. The number of piperazine rings is 1. The van der Waals surface area contributed by atoms with E-state index in [1.807, 2.05) is 32.0 Å². The molecule has 162 valence electrons. The van der Waals surface area contributed by atoms with E-state index in [0.717, 1.165) is 43.3 Å². The van der Waals surface area contributed by atoms with Gasteiger partial charge in [-0.25, -0.2) is 15.0 Å². The van der Waals surface area contributed by atoms with Crippen LogP contribution in [0.15, 0.2) is 29.1 Å². The van der Waals surface area contributed by atoms with Crippen LogP contribution in [0.1, 0.15) is 34.5 Å². The molecule has 0 spiro atoms. The minimum atomic E-state index is -0.176. The van der Waals surface area contributed by atoms with Gasteiger partial charge in [0.15, 0.2) is 5.65 Å². The smallest absolute Gasteiger partial charge is 0.271 e. The van der Waals surface area contributed by atoms with Crippen molar-refractivity contribution in [3.05, 3.63) is 57.4 Å². The maximum atomic E-state index is 12.0. The second-order valence-electron chi connectivity index (χ2n) is 7.68. The fourth-order valence-corrected chi connectivity index (χ4v) is 3.90. The van der Waals surface area contributed by atoms with Crippen LogP contribution in [0.5, 0.6) is 0 Å². The Balaban J connectivity index is 1.41. The molecule has 3 aromatic heterocycles. The van der Waals surface area contributed by atoms with E-state index in [1.165, 1.54) is 0 Å². The third kappa shape index (κ3) is 4.41. The number of nitrogens with zero attached hydrogens (tertiary/aromatic N) is 5. The number of anilines is 1. The van der Waals surface area contributed by atoms with Crippen molar-refractivity contribution in [2.75, 3.05) is 38.1 Å². The number of nitrogens with one attached hydrogen (secondary N) is 2. The monoisotopic (exact) mass is 421 g/mol. The van der Waals surface area contributed by atoms with E-state index in [9.17, 15) is 9.59 Å². The van der Waals surface area contributed by atoms with Crippen LogP contribution >= 0.6 is 0 Å². The van der Waals surface area contributed by atoms with E-state index >= 15 is 0 Å². The summed E-state index contributed by atoms with van der Waals surface area (Å²) in [7, 11) is 1.60. The fourth-order valence-electron chi connectivity index (χ4n) is 3.90. The van der Waals surface area contributed by atoms with Crippen molar-refractivity contribution in [1.82, 2.24) is 30.2 Å². The molecule has 3 aromatic rings. The van der Waals surface area contributed by atoms with Gasteiger partial charge >= 0.3 is 0 Å². The van der Waals surface area contributed by atoms with Crippen molar-refractivity contribution in [2.45, 2.75) is 26.8 Å². The summed E-state index contributed by atoms with van der Waals surface area (Å²) in [6.07, 6.45) is 0.598. The Hall–Kier alpha value is -3.33. The van der Waals surface area contributed by atoms with Crippen molar-refractivity contribution >= 4 is 22.8 Å². The number of aromatic amines is 1. The molecule has 1 aliphatic rings. The van der Waals surface area contributed by atoms with E-state index in [0.29, 0.717) is 35.5 Å². The highest BCUT2D eigenvalue weighted by Gasteiger charge is 2.20. The minimum Gasteiger partial charge on any atom is -0.368 e. The SMILES string of the molecule is CCc1nc2ccc(CN3CCN(c4ccc(C(=O)NC)nc4C)CC3)nc2[nH]c1=O. The van der Waals surface area contributed by atoms with Gasteiger partial charge in [-0.05, 0) is 37.6 Å². The number of carbonyl (C=O) groups is 1. The fraction of sp³-hybridized carbons (Fsp3) is 0.409. The van der Waals surface area contributed by atoms with E-state index in [-0.39, 0.29) is 11.5 Å². The van der Waals surface area contributed by atoms with Crippen LogP contribution in [0, 0.1) is 6.92 Å². The average molecular weight is 422 g/mol. The van der Waals surface area contributed by atoms with Gasteiger partial charge in [-0.1, -0.05) is 6.92 Å². The lowest BCUT2D eigenvalue weighted by Crippen LogP contribution is -2.46. The Morgan fingerprint density at radius 2 is 1.87 bits per heavy atom. The lowest BCUT2D eigenvalue weighted by Gasteiger charge is -2.36. The largest absolute Gasteiger partial charge is 0.368 e. The van der Waals surface area contributed by atoms with Crippen LogP contribution < -0.4 is 15.8 Å². The molecule has 31 heavy (non-hydrogen) atoms. The standard InChI is InChI=1S/C22H27N7O2/c1-4-16-22(31)27-20-17(26-16)6-5-15(25-20)13-28-9-11-29(12-10-28)19-8-7-18(21(30)23-3)24-14(19)2/h5-8H,4,9-13H2,1-3H3,(H,23,30)(H,25,27,31). The molecule has 4 heterocycles. The first-order chi connectivity index (χ1) is 15.0. The van der Waals surface area contributed by atoms with Gasteiger partial charge in [0.2, 0.25) is 0 Å². The molecular formula is C22H27N7O2. The molecule has 0 aromatic carbocycles. The molecule has 1 fully saturated rings. The van der Waals surface area contributed by atoms with Crippen LogP contribution in [0.2, 0.25) is 0 Å². The van der Waals surface area contributed by atoms with Gasteiger partial charge in [-0.2, -0.15) is 0 Å². The number of fused-ring (bicyclic) bond motifs is 1. The highest BCUT2D eigenvalue weighted by molar-refractivity contribution is 5.92. The predicted octanol–water partition coefficient (Wildman–Crippen LogP) is 1.27. The van der Waals surface area contributed by atoms with Crippen LogP contribution in [0.4, 0.5) is 5.69 Å². The first-order valence-corrected chi connectivity index (χ1v) is 10.5. The number of carbonyl (C=O) groups excluding carboxylic acids is 1. The zero-order valence-electron chi connectivity index (χ0n) is 18.1. The number of hydrogen-bond acceptors (Lipinski definition) is 7. The lowest BCUT2D eigenvalue weighted by atomic mass is 10.2. The molecule has 0 atom stereocenters. The second-order valence-corrected chi connectivity index (χ2v) is 7.68. The van der Waals surface area contributed by atoms with Crippen LogP contribution in [-0.2, 0) is 13.0 Å². The third-order valence-electron chi connectivity index (χ3n) is 5.63. The molecule has 2 N–H and O–H groups in total. The zero-order valence-corrected chi connectivity index (χ0v) is 18.1. The Morgan fingerprint density at radius 1 is 1.10 bits per heavy atom. The molecule has 0 unspecified atom stereocenters. The molecule has 0 bridgehead atoms. The Kier molecular flexibility index (Phi) is 5.94. The number of rotatable bonds is 5. The second kappa shape index (κ2) is 8.81. The van der Waals surface area contributed by atoms with Crippen LogP contribution in [0.3, 0.4) is 0 Å². The predicted molar refractivity (Wildman–Crippen MR) is 119 cm³/mol. The molecule has 0 saturated carbocycles. The van der Waals surface area contributed by atoms with Gasteiger partial charge in [-0.15, -0.1) is 0 Å². The van der Waals surface area contributed by atoms with Crippen molar-refractivity contribution in [3.8, 4) is 0 Å². The normalized spacial score (nSPS) is 14.7. The molecule has 0 aliphatic carbocycles. The molecule has 0 radical (unpaired) electrons. The lowest BCUT2D eigenvalue weighted by molar-refractivity contribution is 0.0958. The molecule has 1 amide bonds. The summed E-state index contributed by atoms with van der Waals surface area (Å²) >= 11 is 0. The van der Waals surface area contributed by atoms with E-state index in [1.54, 1.807) is 13.1 Å². The Morgan fingerprint density at radius 3 is 2.55 bits per heavy atom. The minimum absolute atomic E-state index is 0.167. The molecule has 1 aliphatic heterocycles. The Labute approximate surface area is 180 Å². The summed E-state index contributed by atoms with van der Waals surface area (Å²) in [5, 5.41) is 2.61. The first kappa shape index (κ1) is 20.9. The van der Waals surface area contributed by atoms with Gasteiger partial charge in [-0.3, -0.25) is 14.5 Å². The van der Waals surface area contributed by atoms with E-state index < -0.39 is 0 Å². The van der Waals surface area contributed by atoms with Crippen LogP contribution in [-0.4, -0.2) is 64.0 Å². The maximum Gasteiger partial charge on any atom is 0.271 e. The number of pyridine rings is 2. The van der Waals surface area contributed by atoms with Gasteiger partial charge < -0.3 is 15.2 Å². The van der Waals surface area contributed by atoms with Crippen molar-refractivity contribution in [2.24, 2.45) is 0 Å². The zero-order chi connectivity index (χ0) is 22.0. The van der Waals surface area contributed by atoms with Crippen LogP contribution in [0.25, 0.3) is 11.2 Å². The number of aryl methyl sites for hydroxylation is 2. The highest BCUT2D eigenvalue weighted by Crippen LogP contribution is 2.21. The summed E-state index contributed by atoms with van der Waals surface area (Å²) < 4.78 is 0. The Bertz CT molecular complexity index is 1170. The third-order valence-corrected chi connectivity index (χ3v) is 5.63. The van der Waals surface area contributed by atoms with Gasteiger partial charge in [0.1, 0.15) is 16.9 Å². The van der Waals surface area contributed by atoms with Gasteiger partial charge in [0.05, 0.1) is 17.1 Å². The number of hydrogen-bond donors (Lipinski definition) is 2. The summed E-state index contributed by atoms with van der Waals surface area (Å²) in [6.45, 7) is 8.08. The summed E-state index contributed by atoms with van der Waals surface area (Å²) in [4.78, 5) is 44.8. The van der Waals surface area contributed by atoms with Crippen molar-refractivity contribution < 1.29 is 4.79 Å². The van der Waals surface area contributed by atoms with E-state index in [2.05, 4.69) is 35.1 Å². The number of amides is 1. The van der Waals surface area contributed by atoms with Gasteiger partial charge in [0.25, 0.3) is 11.5 Å². The first-order valence-electron chi connectivity index (χ1n) is 10.5. The molecule has 4 rings (SSSR count). The van der Waals surface area contributed by atoms with Gasteiger partial charge in [0, 0.05) is 39.8 Å². The van der Waals surface area contributed by atoms with Crippen molar-refractivity contribution in [3.63, 3.8) is 0 Å². The summed E-state index contributed by atoms with van der Waals surface area (Å²) in [5.41, 5.74) is 4.88. The van der Waals surface area contributed by atoms with E-state index in [4.69, 9.17) is 0 Å². The number of aromatic nitrogens is 4. The highest BCUT2D eigenvalue weighted by atomic mass is 16.1. The maximum absolute atomic E-state index is 12.0.